The smallest absolute Gasteiger partial charge is 0.219 e. The first-order valence-electron chi connectivity index (χ1n) is 5.24. The minimum Gasteiger partial charge on any atom is -0.469 e. The Labute approximate surface area is 88.7 Å². The average Bonchev–Trinajstić information content (AvgIpc) is 2.74. The fourth-order valence-corrected chi connectivity index (χ4v) is 2.08. The van der Waals surface area contributed by atoms with Gasteiger partial charge < -0.3 is 9.47 Å². The molecule has 2 heterocycles. The van der Waals surface area contributed by atoms with Gasteiger partial charge in [0.05, 0.1) is 6.61 Å². The van der Waals surface area contributed by atoms with Crippen LogP contribution in [0.25, 0.3) is 0 Å². The molecule has 3 heteroatoms. The van der Waals surface area contributed by atoms with E-state index in [0.29, 0.717) is 5.90 Å². The van der Waals surface area contributed by atoms with Crippen LogP contribution in [-0.4, -0.2) is 24.3 Å². The number of ether oxygens (including phenoxy) is 2. The van der Waals surface area contributed by atoms with E-state index in [1.807, 2.05) is 37.3 Å². The van der Waals surface area contributed by atoms with E-state index in [9.17, 15) is 0 Å². The van der Waals surface area contributed by atoms with Gasteiger partial charge in [0, 0.05) is 12.0 Å². The summed E-state index contributed by atoms with van der Waals surface area (Å²) in [6.45, 7) is 2.73. The second kappa shape index (κ2) is 3.07. The molecule has 0 amide bonds. The summed E-state index contributed by atoms with van der Waals surface area (Å²) in [7, 11) is 0. The van der Waals surface area contributed by atoms with E-state index in [1.165, 1.54) is 0 Å². The van der Waals surface area contributed by atoms with Crippen molar-refractivity contribution in [3.8, 4) is 0 Å². The summed E-state index contributed by atoms with van der Waals surface area (Å²) < 4.78 is 11.4. The maximum Gasteiger partial charge on any atom is 0.219 e. The van der Waals surface area contributed by atoms with Crippen LogP contribution in [0.1, 0.15) is 18.9 Å². The van der Waals surface area contributed by atoms with Crippen molar-refractivity contribution >= 4 is 5.90 Å². The van der Waals surface area contributed by atoms with Gasteiger partial charge in [-0.25, -0.2) is 4.99 Å². The summed E-state index contributed by atoms with van der Waals surface area (Å²) >= 11 is 0. The van der Waals surface area contributed by atoms with Gasteiger partial charge in [0.1, 0.15) is 0 Å². The molecule has 1 aromatic rings. The van der Waals surface area contributed by atoms with Crippen molar-refractivity contribution in [2.45, 2.75) is 25.2 Å². The molecule has 1 fully saturated rings. The SMILES string of the molecule is C[C@@]12N=C(c3ccccc3)O[C@@H]1CCO2. The van der Waals surface area contributed by atoms with Gasteiger partial charge in [-0.1, -0.05) is 18.2 Å². The van der Waals surface area contributed by atoms with Crippen molar-refractivity contribution < 1.29 is 9.47 Å². The molecule has 15 heavy (non-hydrogen) atoms. The molecule has 0 unspecified atom stereocenters. The third-order valence-corrected chi connectivity index (χ3v) is 2.97. The highest BCUT2D eigenvalue weighted by atomic mass is 16.6. The monoisotopic (exact) mass is 203 g/mol. The minimum absolute atomic E-state index is 0.0905. The molecule has 2 aliphatic heterocycles. The standard InChI is InChI=1S/C12H13NO2/c1-12-10(7-8-14-12)15-11(13-12)9-5-3-2-4-6-9/h2-6,10H,7-8H2,1H3/t10-,12+/m1/s1. The lowest BCUT2D eigenvalue weighted by molar-refractivity contribution is -0.00858. The zero-order chi connectivity index (χ0) is 10.3. The number of fused-ring (bicyclic) bond motifs is 1. The second-order valence-corrected chi connectivity index (χ2v) is 4.08. The Hall–Kier alpha value is -1.35. The molecule has 0 bridgehead atoms. The highest BCUT2D eigenvalue weighted by Crippen LogP contribution is 2.35. The van der Waals surface area contributed by atoms with Gasteiger partial charge in [-0.15, -0.1) is 0 Å². The van der Waals surface area contributed by atoms with E-state index in [-0.39, 0.29) is 6.10 Å². The highest BCUT2D eigenvalue weighted by Gasteiger charge is 2.47. The summed E-state index contributed by atoms with van der Waals surface area (Å²) in [5, 5.41) is 0. The molecule has 78 valence electrons. The van der Waals surface area contributed by atoms with E-state index in [2.05, 4.69) is 4.99 Å². The number of nitrogens with zero attached hydrogens (tertiary/aromatic N) is 1. The normalized spacial score (nSPS) is 33.4. The Balaban J connectivity index is 1.95. The molecule has 3 rings (SSSR count). The quantitative estimate of drug-likeness (QED) is 0.698. The highest BCUT2D eigenvalue weighted by molar-refractivity contribution is 5.95. The Bertz CT molecular complexity index is 401. The Morgan fingerprint density at radius 3 is 2.87 bits per heavy atom. The number of aliphatic imine (C=N–C) groups is 1. The van der Waals surface area contributed by atoms with Crippen LogP contribution in [0.2, 0.25) is 0 Å². The molecule has 0 N–H and O–H groups in total. The van der Waals surface area contributed by atoms with Gasteiger partial charge in [0.25, 0.3) is 0 Å². The largest absolute Gasteiger partial charge is 0.469 e. The van der Waals surface area contributed by atoms with Gasteiger partial charge in [0.15, 0.2) is 11.8 Å². The van der Waals surface area contributed by atoms with Gasteiger partial charge in [0.2, 0.25) is 5.90 Å². The fraction of sp³-hybridized carbons (Fsp3) is 0.417. The van der Waals surface area contributed by atoms with E-state index in [0.717, 1.165) is 18.6 Å². The summed E-state index contributed by atoms with van der Waals surface area (Å²) in [5.74, 6) is 0.711. The fourth-order valence-electron chi connectivity index (χ4n) is 2.08. The number of hydrogen-bond acceptors (Lipinski definition) is 3. The maximum absolute atomic E-state index is 5.80. The number of rotatable bonds is 1. The van der Waals surface area contributed by atoms with Crippen molar-refractivity contribution in [3.63, 3.8) is 0 Å². The molecule has 1 saturated heterocycles. The van der Waals surface area contributed by atoms with Crippen molar-refractivity contribution in [1.82, 2.24) is 0 Å². The van der Waals surface area contributed by atoms with Crippen molar-refractivity contribution in [2.75, 3.05) is 6.61 Å². The van der Waals surface area contributed by atoms with Crippen LogP contribution >= 0.6 is 0 Å². The number of benzene rings is 1. The zero-order valence-corrected chi connectivity index (χ0v) is 8.64. The molecule has 0 aliphatic carbocycles. The first-order valence-corrected chi connectivity index (χ1v) is 5.24. The lowest BCUT2D eigenvalue weighted by Crippen LogP contribution is -2.30. The van der Waals surface area contributed by atoms with Crippen LogP contribution in [0.5, 0.6) is 0 Å². The summed E-state index contributed by atoms with van der Waals surface area (Å²) in [5.41, 5.74) is 0.572. The van der Waals surface area contributed by atoms with Gasteiger partial charge >= 0.3 is 0 Å². The Morgan fingerprint density at radius 2 is 2.13 bits per heavy atom. The van der Waals surface area contributed by atoms with Crippen molar-refractivity contribution in [2.24, 2.45) is 4.99 Å². The van der Waals surface area contributed by atoms with Crippen molar-refractivity contribution in [1.29, 1.82) is 0 Å². The maximum atomic E-state index is 5.80. The molecule has 0 radical (unpaired) electrons. The van der Waals surface area contributed by atoms with Crippen LogP contribution < -0.4 is 0 Å². The number of hydrogen-bond donors (Lipinski definition) is 0. The molecular formula is C12H13NO2. The topological polar surface area (TPSA) is 30.8 Å². The average molecular weight is 203 g/mol. The molecule has 3 nitrogen and oxygen atoms in total. The molecule has 2 aliphatic rings. The summed E-state index contributed by atoms with van der Waals surface area (Å²) in [6.07, 6.45) is 1.02. The lowest BCUT2D eigenvalue weighted by atomic mass is 10.1. The zero-order valence-electron chi connectivity index (χ0n) is 8.64. The van der Waals surface area contributed by atoms with Gasteiger partial charge in [-0.2, -0.15) is 0 Å². The van der Waals surface area contributed by atoms with Crippen LogP contribution in [0, 0.1) is 0 Å². The molecule has 0 spiro atoms. The van der Waals surface area contributed by atoms with Crippen molar-refractivity contribution in [3.05, 3.63) is 35.9 Å². The molecule has 2 atom stereocenters. The van der Waals surface area contributed by atoms with Crippen LogP contribution in [0.15, 0.2) is 35.3 Å². The predicted molar refractivity (Wildman–Crippen MR) is 56.8 cm³/mol. The lowest BCUT2D eigenvalue weighted by Gasteiger charge is -2.16. The molecule has 1 aromatic carbocycles. The first-order chi connectivity index (χ1) is 7.28. The molecule has 0 saturated carbocycles. The van der Waals surface area contributed by atoms with E-state index in [1.54, 1.807) is 0 Å². The van der Waals surface area contributed by atoms with Gasteiger partial charge in [-0.3, -0.25) is 0 Å². The molecular weight excluding hydrogens is 190 g/mol. The molecule has 0 aromatic heterocycles. The van der Waals surface area contributed by atoms with E-state index < -0.39 is 5.72 Å². The van der Waals surface area contributed by atoms with Crippen LogP contribution in [0.3, 0.4) is 0 Å². The third kappa shape index (κ3) is 1.35. The van der Waals surface area contributed by atoms with Crippen LogP contribution in [-0.2, 0) is 9.47 Å². The second-order valence-electron chi connectivity index (χ2n) is 4.08. The minimum atomic E-state index is -0.453. The van der Waals surface area contributed by atoms with E-state index >= 15 is 0 Å². The Morgan fingerprint density at radius 1 is 1.33 bits per heavy atom. The van der Waals surface area contributed by atoms with Crippen LogP contribution in [0.4, 0.5) is 0 Å². The third-order valence-electron chi connectivity index (χ3n) is 2.97. The Kier molecular flexibility index (Phi) is 1.83. The summed E-state index contributed by atoms with van der Waals surface area (Å²) in [4.78, 5) is 4.52. The van der Waals surface area contributed by atoms with Gasteiger partial charge in [-0.05, 0) is 19.1 Å². The summed E-state index contributed by atoms with van der Waals surface area (Å²) in [6, 6.07) is 9.96. The van der Waals surface area contributed by atoms with E-state index in [4.69, 9.17) is 9.47 Å². The predicted octanol–water partition coefficient (Wildman–Crippen LogP) is 1.97. The first kappa shape index (κ1) is 8.92.